The molecule has 0 aliphatic carbocycles. The molecule has 2 rings (SSSR count). The van der Waals surface area contributed by atoms with E-state index in [9.17, 15) is 4.79 Å². The fourth-order valence-corrected chi connectivity index (χ4v) is 3.60. The van der Waals surface area contributed by atoms with Crippen LogP contribution in [0.1, 0.15) is 62.6 Å². The number of hydrogen-bond donors (Lipinski definition) is 2. The van der Waals surface area contributed by atoms with Crippen molar-refractivity contribution in [2.24, 2.45) is 0 Å². The molecule has 1 aromatic carbocycles. The maximum atomic E-state index is 12.3. The summed E-state index contributed by atoms with van der Waals surface area (Å²) in [6.07, 6.45) is 3.56. The lowest BCUT2D eigenvalue weighted by Gasteiger charge is -2.23. The van der Waals surface area contributed by atoms with E-state index in [1.54, 1.807) is 11.3 Å². The van der Waals surface area contributed by atoms with Crippen LogP contribution in [0.5, 0.6) is 0 Å². The first kappa shape index (κ1) is 19.7. The number of hydrogen-bond acceptors (Lipinski definition) is 3. The first-order valence-electron chi connectivity index (χ1n) is 9.20. The van der Waals surface area contributed by atoms with Crippen LogP contribution >= 0.6 is 11.3 Å². The summed E-state index contributed by atoms with van der Waals surface area (Å²) in [6, 6.07) is 12.9. The number of carbonyl (C=O) groups excluding carboxylic acids is 1. The number of rotatable bonds is 9. The van der Waals surface area contributed by atoms with Crippen molar-refractivity contribution in [3.05, 3.63) is 57.8 Å². The van der Waals surface area contributed by atoms with E-state index in [0.717, 1.165) is 6.42 Å². The Labute approximate surface area is 155 Å². The van der Waals surface area contributed by atoms with Gasteiger partial charge in [0, 0.05) is 10.9 Å². The Morgan fingerprint density at radius 2 is 1.84 bits per heavy atom. The molecule has 1 aromatic heterocycles. The standard InChI is InChI=1S/C21H30N2OS/c1-5-6-8-17-10-12-18(13-11-17)20(19-9-7-14-25-19)23-16(4)21(24)22-15(2)3/h7,9-16,20,23H,5-6,8H2,1-4H3,(H,22,24)/t16-,20+/m0/s1. The molecule has 0 saturated carbocycles. The van der Waals surface area contributed by atoms with Crippen LogP contribution in [0.4, 0.5) is 0 Å². The maximum absolute atomic E-state index is 12.3. The van der Waals surface area contributed by atoms with E-state index in [4.69, 9.17) is 0 Å². The second kappa shape index (κ2) is 9.73. The lowest BCUT2D eigenvalue weighted by Crippen LogP contribution is -2.45. The number of unbranched alkanes of at least 4 members (excludes halogenated alkanes) is 1. The summed E-state index contributed by atoms with van der Waals surface area (Å²) in [6.45, 7) is 8.11. The van der Waals surface area contributed by atoms with Gasteiger partial charge in [0.2, 0.25) is 5.91 Å². The number of aryl methyl sites for hydroxylation is 1. The van der Waals surface area contributed by atoms with Crippen molar-refractivity contribution < 1.29 is 4.79 Å². The smallest absolute Gasteiger partial charge is 0.237 e. The van der Waals surface area contributed by atoms with Gasteiger partial charge >= 0.3 is 0 Å². The minimum absolute atomic E-state index is 0.0353. The monoisotopic (exact) mass is 358 g/mol. The van der Waals surface area contributed by atoms with E-state index >= 15 is 0 Å². The predicted molar refractivity (Wildman–Crippen MR) is 107 cm³/mol. The lowest BCUT2D eigenvalue weighted by atomic mass is 10.0. The molecule has 0 aliphatic heterocycles. The highest BCUT2D eigenvalue weighted by Gasteiger charge is 2.21. The van der Waals surface area contributed by atoms with Crippen LogP contribution in [0.3, 0.4) is 0 Å². The molecule has 0 saturated heterocycles. The van der Waals surface area contributed by atoms with Gasteiger partial charge in [0.15, 0.2) is 0 Å². The van der Waals surface area contributed by atoms with Crippen LogP contribution in [-0.4, -0.2) is 18.0 Å². The molecule has 1 amide bonds. The van der Waals surface area contributed by atoms with Crippen molar-refractivity contribution in [3.8, 4) is 0 Å². The zero-order chi connectivity index (χ0) is 18.2. The van der Waals surface area contributed by atoms with Crippen LogP contribution in [0, 0.1) is 0 Å². The van der Waals surface area contributed by atoms with Gasteiger partial charge < -0.3 is 5.32 Å². The zero-order valence-corrected chi connectivity index (χ0v) is 16.5. The molecule has 0 spiro atoms. The second-order valence-corrected chi connectivity index (χ2v) is 7.82. The molecule has 136 valence electrons. The normalized spacial score (nSPS) is 13.6. The highest BCUT2D eigenvalue weighted by molar-refractivity contribution is 7.10. The van der Waals surface area contributed by atoms with Crippen LogP contribution in [-0.2, 0) is 11.2 Å². The number of nitrogens with one attached hydrogen (secondary N) is 2. The van der Waals surface area contributed by atoms with Crippen molar-refractivity contribution in [1.29, 1.82) is 0 Å². The van der Waals surface area contributed by atoms with E-state index in [2.05, 4.69) is 59.3 Å². The number of benzene rings is 1. The Morgan fingerprint density at radius 1 is 1.12 bits per heavy atom. The molecule has 0 unspecified atom stereocenters. The molecule has 0 radical (unpaired) electrons. The van der Waals surface area contributed by atoms with Crippen molar-refractivity contribution in [2.75, 3.05) is 0 Å². The average Bonchev–Trinajstić information content (AvgIpc) is 3.12. The Bertz CT molecular complexity index is 634. The largest absolute Gasteiger partial charge is 0.353 e. The highest BCUT2D eigenvalue weighted by Crippen LogP contribution is 2.27. The van der Waals surface area contributed by atoms with Gasteiger partial charge in [-0.25, -0.2) is 0 Å². The van der Waals surface area contributed by atoms with Gasteiger partial charge in [0.25, 0.3) is 0 Å². The summed E-state index contributed by atoms with van der Waals surface area (Å²) < 4.78 is 0. The van der Waals surface area contributed by atoms with E-state index in [0.29, 0.717) is 0 Å². The third-order valence-electron chi connectivity index (χ3n) is 4.20. The summed E-state index contributed by atoms with van der Waals surface area (Å²) >= 11 is 1.72. The van der Waals surface area contributed by atoms with Gasteiger partial charge in [-0.1, -0.05) is 43.7 Å². The molecule has 0 bridgehead atoms. The zero-order valence-electron chi connectivity index (χ0n) is 15.7. The number of amides is 1. The number of carbonyl (C=O) groups is 1. The maximum Gasteiger partial charge on any atom is 0.237 e. The molecule has 0 fully saturated rings. The SMILES string of the molecule is CCCCc1ccc([C@@H](N[C@@H](C)C(=O)NC(C)C)c2cccs2)cc1. The van der Waals surface area contributed by atoms with Gasteiger partial charge in [-0.05, 0) is 56.2 Å². The Morgan fingerprint density at radius 3 is 2.40 bits per heavy atom. The first-order valence-corrected chi connectivity index (χ1v) is 10.1. The predicted octanol–water partition coefficient (Wildman–Crippen LogP) is 4.68. The van der Waals surface area contributed by atoms with Gasteiger partial charge in [-0.2, -0.15) is 0 Å². The third-order valence-corrected chi connectivity index (χ3v) is 5.14. The van der Waals surface area contributed by atoms with Gasteiger partial charge in [-0.15, -0.1) is 11.3 Å². The quantitative estimate of drug-likeness (QED) is 0.683. The molecular weight excluding hydrogens is 328 g/mol. The second-order valence-electron chi connectivity index (χ2n) is 6.85. The van der Waals surface area contributed by atoms with E-state index in [1.807, 2.05) is 20.8 Å². The molecule has 3 nitrogen and oxygen atoms in total. The van der Waals surface area contributed by atoms with Gasteiger partial charge in [-0.3, -0.25) is 10.1 Å². The fraction of sp³-hybridized carbons (Fsp3) is 0.476. The minimum Gasteiger partial charge on any atom is -0.353 e. The minimum atomic E-state index is -0.255. The molecule has 2 aromatic rings. The lowest BCUT2D eigenvalue weighted by molar-refractivity contribution is -0.123. The Balaban J connectivity index is 2.15. The van der Waals surface area contributed by atoms with E-state index < -0.39 is 0 Å². The topological polar surface area (TPSA) is 41.1 Å². The molecule has 4 heteroatoms. The summed E-state index contributed by atoms with van der Waals surface area (Å²) in [4.78, 5) is 13.5. The summed E-state index contributed by atoms with van der Waals surface area (Å²) in [5.41, 5.74) is 2.58. The first-order chi connectivity index (χ1) is 12.0. The molecule has 1 heterocycles. The van der Waals surface area contributed by atoms with Crippen LogP contribution < -0.4 is 10.6 Å². The van der Waals surface area contributed by atoms with Crippen molar-refractivity contribution in [2.45, 2.75) is 65.1 Å². The van der Waals surface area contributed by atoms with Gasteiger partial charge in [0.05, 0.1) is 12.1 Å². The van der Waals surface area contributed by atoms with Gasteiger partial charge in [0.1, 0.15) is 0 Å². The molecule has 0 aliphatic rings. The molecule has 2 N–H and O–H groups in total. The number of thiophene rings is 1. The Hall–Kier alpha value is -1.65. The molecule has 25 heavy (non-hydrogen) atoms. The van der Waals surface area contributed by atoms with Crippen LogP contribution in [0.15, 0.2) is 41.8 Å². The van der Waals surface area contributed by atoms with Crippen molar-refractivity contribution >= 4 is 17.2 Å². The summed E-state index contributed by atoms with van der Waals surface area (Å²) in [5.74, 6) is 0.0381. The van der Waals surface area contributed by atoms with E-state index in [-0.39, 0.29) is 24.0 Å². The van der Waals surface area contributed by atoms with Crippen molar-refractivity contribution in [1.82, 2.24) is 10.6 Å². The molecule has 2 atom stereocenters. The average molecular weight is 359 g/mol. The van der Waals surface area contributed by atoms with Crippen molar-refractivity contribution in [3.63, 3.8) is 0 Å². The van der Waals surface area contributed by atoms with Crippen LogP contribution in [0.2, 0.25) is 0 Å². The summed E-state index contributed by atoms with van der Waals surface area (Å²) in [5, 5.41) is 8.56. The van der Waals surface area contributed by atoms with Crippen LogP contribution in [0.25, 0.3) is 0 Å². The fourth-order valence-electron chi connectivity index (χ4n) is 2.79. The van der Waals surface area contributed by atoms with E-state index in [1.165, 1.54) is 28.8 Å². The highest BCUT2D eigenvalue weighted by atomic mass is 32.1. The third kappa shape index (κ3) is 5.98. The molecular formula is C21H30N2OS. The Kier molecular flexibility index (Phi) is 7.66. The summed E-state index contributed by atoms with van der Waals surface area (Å²) in [7, 11) is 0.